The highest BCUT2D eigenvalue weighted by Gasteiger charge is 2.17. The number of allylic oxidation sites excluding steroid dienone is 5. The monoisotopic (exact) mass is 465 g/mol. The van der Waals surface area contributed by atoms with Gasteiger partial charge in [0.05, 0.1) is 29.7 Å². The van der Waals surface area contributed by atoms with E-state index >= 15 is 0 Å². The fraction of sp³-hybridized carbons (Fsp3) is 0.467. The number of hydrogen-bond donors (Lipinski definition) is 1. The summed E-state index contributed by atoms with van der Waals surface area (Å²) < 4.78 is 5.55. The van der Waals surface area contributed by atoms with Crippen LogP contribution in [0.3, 0.4) is 0 Å². The van der Waals surface area contributed by atoms with E-state index < -0.39 is 0 Å². The van der Waals surface area contributed by atoms with Crippen molar-refractivity contribution in [3.8, 4) is 17.1 Å². The second kappa shape index (κ2) is 16.7. The minimum atomic E-state index is 0.326. The molecule has 0 aliphatic rings. The van der Waals surface area contributed by atoms with Crippen LogP contribution in [0.4, 0.5) is 5.69 Å². The smallest absolute Gasteiger partial charge is 0.222 e. The molecule has 2 heterocycles. The van der Waals surface area contributed by atoms with Crippen LogP contribution in [0.25, 0.3) is 16.8 Å². The van der Waals surface area contributed by atoms with Crippen molar-refractivity contribution >= 4 is 11.3 Å². The highest BCUT2D eigenvalue weighted by molar-refractivity contribution is 5.77. The lowest BCUT2D eigenvalue weighted by molar-refractivity contribution is 0.397. The molecule has 0 saturated carbocycles. The second-order valence-corrected chi connectivity index (χ2v) is 8.45. The SMILES string of the molecule is C/C=C\C/C=C\C.C=C(C)c1nc(-c2ccc(C(C)C)nc2OC)c(C)cc1NC(C)C.CC. The molecular formula is C30H47N3O. The van der Waals surface area contributed by atoms with Crippen molar-refractivity contribution in [3.63, 3.8) is 0 Å². The first-order valence-corrected chi connectivity index (χ1v) is 12.4. The number of ether oxygens (including phenoxy) is 1. The van der Waals surface area contributed by atoms with E-state index in [9.17, 15) is 0 Å². The summed E-state index contributed by atoms with van der Waals surface area (Å²) in [5.41, 5.74) is 6.69. The third-order valence-corrected chi connectivity index (χ3v) is 4.73. The summed E-state index contributed by atoms with van der Waals surface area (Å²) in [7, 11) is 1.65. The number of rotatable bonds is 8. The average Bonchev–Trinajstić information content (AvgIpc) is 2.80. The van der Waals surface area contributed by atoms with Crippen LogP contribution < -0.4 is 10.1 Å². The fourth-order valence-corrected chi connectivity index (χ4v) is 3.10. The third kappa shape index (κ3) is 9.94. The number of pyridine rings is 2. The predicted molar refractivity (Wildman–Crippen MR) is 152 cm³/mol. The first kappa shape index (κ1) is 31.1. The second-order valence-electron chi connectivity index (χ2n) is 8.45. The van der Waals surface area contributed by atoms with E-state index in [-0.39, 0.29) is 0 Å². The Hall–Kier alpha value is -2.88. The first-order valence-electron chi connectivity index (χ1n) is 12.4. The van der Waals surface area contributed by atoms with Gasteiger partial charge in [-0.05, 0) is 83.2 Å². The van der Waals surface area contributed by atoms with Crippen LogP contribution in [-0.4, -0.2) is 23.1 Å². The molecule has 0 atom stereocenters. The van der Waals surface area contributed by atoms with E-state index in [0.717, 1.165) is 45.9 Å². The molecule has 0 aliphatic carbocycles. The van der Waals surface area contributed by atoms with Gasteiger partial charge in [0, 0.05) is 11.7 Å². The Morgan fingerprint density at radius 1 is 1.06 bits per heavy atom. The quantitative estimate of drug-likeness (QED) is 0.395. The minimum absolute atomic E-state index is 0.326. The zero-order chi connectivity index (χ0) is 26.3. The summed E-state index contributed by atoms with van der Waals surface area (Å²) in [4.78, 5) is 9.55. The van der Waals surface area contributed by atoms with Crippen LogP contribution in [0.15, 0.2) is 49.1 Å². The standard InChI is InChI=1S/C21H29N3O.C7H12.C2H6/c1-12(2)17-10-9-16(21(23-17)25-8)20-15(7)11-18(22-14(5)6)19(24-20)13(3)4;1-3-5-7-6-4-2;1-2/h9-12,14,22H,3H2,1-2,4-8H3;3-6H,7H2,1-2H3;1-2H3/b;5-3-,6-4-;. The lowest BCUT2D eigenvalue weighted by Crippen LogP contribution is -2.13. The molecule has 0 unspecified atom stereocenters. The van der Waals surface area contributed by atoms with Gasteiger partial charge in [-0.3, -0.25) is 0 Å². The van der Waals surface area contributed by atoms with Crippen molar-refractivity contribution in [2.45, 2.75) is 87.6 Å². The molecule has 0 fully saturated rings. The first-order chi connectivity index (χ1) is 16.2. The van der Waals surface area contributed by atoms with Gasteiger partial charge in [-0.15, -0.1) is 0 Å². The van der Waals surface area contributed by atoms with Crippen molar-refractivity contribution in [2.75, 3.05) is 12.4 Å². The van der Waals surface area contributed by atoms with E-state index in [1.807, 2.05) is 46.8 Å². The van der Waals surface area contributed by atoms with Gasteiger partial charge in [0.1, 0.15) is 0 Å². The summed E-state index contributed by atoms with van der Waals surface area (Å²) in [6.45, 7) is 24.7. The van der Waals surface area contributed by atoms with Crippen LogP contribution in [0.2, 0.25) is 0 Å². The van der Waals surface area contributed by atoms with Crippen LogP contribution in [0, 0.1) is 6.92 Å². The number of aryl methyl sites for hydroxylation is 1. The summed E-state index contributed by atoms with van der Waals surface area (Å²) >= 11 is 0. The largest absolute Gasteiger partial charge is 0.480 e. The molecule has 0 aliphatic heterocycles. The molecule has 2 rings (SSSR count). The molecule has 1 N–H and O–H groups in total. The number of hydrogen-bond acceptors (Lipinski definition) is 4. The van der Waals surface area contributed by atoms with Gasteiger partial charge in [-0.25, -0.2) is 9.97 Å². The van der Waals surface area contributed by atoms with Crippen LogP contribution >= 0.6 is 0 Å². The number of anilines is 1. The Balaban J connectivity index is 0.00000104. The van der Waals surface area contributed by atoms with Gasteiger partial charge in [-0.2, -0.15) is 0 Å². The molecule has 2 aromatic rings. The van der Waals surface area contributed by atoms with Gasteiger partial charge in [0.15, 0.2) is 0 Å². The summed E-state index contributed by atoms with van der Waals surface area (Å²) in [6, 6.07) is 6.55. The molecule has 2 aromatic heterocycles. The normalized spacial score (nSPS) is 10.7. The maximum atomic E-state index is 5.55. The third-order valence-electron chi connectivity index (χ3n) is 4.73. The van der Waals surface area contributed by atoms with Crippen LogP contribution in [0.5, 0.6) is 5.88 Å². The van der Waals surface area contributed by atoms with Gasteiger partial charge < -0.3 is 10.1 Å². The van der Waals surface area contributed by atoms with Crippen LogP contribution in [-0.2, 0) is 0 Å². The van der Waals surface area contributed by atoms with Gasteiger partial charge in [0.25, 0.3) is 0 Å². The Kier molecular flexibility index (Phi) is 15.3. The molecule has 0 aromatic carbocycles. The maximum absolute atomic E-state index is 5.55. The van der Waals surface area contributed by atoms with Crippen molar-refractivity contribution in [1.82, 2.24) is 9.97 Å². The Bertz CT molecular complexity index is 930. The number of methoxy groups -OCH3 is 1. The molecule has 0 bridgehead atoms. The number of nitrogens with one attached hydrogen (secondary N) is 1. The summed E-state index contributed by atoms with van der Waals surface area (Å²) in [5, 5.41) is 3.46. The lowest BCUT2D eigenvalue weighted by Gasteiger charge is -2.18. The molecule has 4 heteroatoms. The zero-order valence-corrected chi connectivity index (χ0v) is 23.4. The molecule has 0 spiro atoms. The van der Waals surface area contributed by atoms with E-state index in [1.165, 1.54) is 0 Å². The predicted octanol–water partition coefficient (Wildman–Crippen LogP) is 8.99. The van der Waals surface area contributed by atoms with Crippen molar-refractivity contribution in [3.05, 3.63) is 66.0 Å². The maximum Gasteiger partial charge on any atom is 0.222 e. The highest BCUT2D eigenvalue weighted by atomic mass is 16.5. The molecule has 4 nitrogen and oxygen atoms in total. The fourth-order valence-electron chi connectivity index (χ4n) is 3.10. The topological polar surface area (TPSA) is 47.0 Å². The van der Waals surface area contributed by atoms with Crippen LogP contribution in [0.1, 0.15) is 91.6 Å². The van der Waals surface area contributed by atoms with Gasteiger partial charge in [0.2, 0.25) is 5.88 Å². The van der Waals surface area contributed by atoms with Crippen molar-refractivity contribution in [2.24, 2.45) is 0 Å². The average molecular weight is 466 g/mol. The van der Waals surface area contributed by atoms with E-state index in [1.54, 1.807) is 7.11 Å². The van der Waals surface area contributed by atoms with Gasteiger partial charge in [-0.1, -0.05) is 58.6 Å². The number of nitrogens with zero attached hydrogens (tertiary/aromatic N) is 2. The van der Waals surface area contributed by atoms with Crippen molar-refractivity contribution in [1.29, 1.82) is 0 Å². The summed E-state index contributed by atoms with van der Waals surface area (Å²) in [5.74, 6) is 0.958. The lowest BCUT2D eigenvalue weighted by atomic mass is 10.0. The summed E-state index contributed by atoms with van der Waals surface area (Å²) in [6.07, 6.45) is 9.44. The van der Waals surface area contributed by atoms with Crippen molar-refractivity contribution < 1.29 is 4.74 Å². The minimum Gasteiger partial charge on any atom is -0.480 e. The molecule has 0 radical (unpaired) electrons. The Morgan fingerprint density at radius 3 is 2.09 bits per heavy atom. The molecule has 0 amide bonds. The molecule has 0 saturated heterocycles. The van der Waals surface area contributed by atoms with E-state index in [2.05, 4.69) is 81.9 Å². The van der Waals surface area contributed by atoms with E-state index in [4.69, 9.17) is 9.72 Å². The Labute approximate surface area is 209 Å². The highest BCUT2D eigenvalue weighted by Crippen LogP contribution is 2.34. The molecule has 188 valence electrons. The Morgan fingerprint density at radius 2 is 1.65 bits per heavy atom. The number of aromatic nitrogens is 2. The zero-order valence-electron chi connectivity index (χ0n) is 23.4. The van der Waals surface area contributed by atoms with E-state index in [0.29, 0.717) is 17.8 Å². The van der Waals surface area contributed by atoms with Gasteiger partial charge >= 0.3 is 0 Å². The molecule has 34 heavy (non-hydrogen) atoms. The molecular weight excluding hydrogens is 418 g/mol.